The summed E-state index contributed by atoms with van der Waals surface area (Å²) in [6, 6.07) is 13.4. The van der Waals surface area contributed by atoms with Crippen molar-refractivity contribution in [3.63, 3.8) is 0 Å². The van der Waals surface area contributed by atoms with Crippen molar-refractivity contribution in [2.45, 2.75) is 6.54 Å². The lowest BCUT2D eigenvalue weighted by molar-refractivity contribution is 0.653. The van der Waals surface area contributed by atoms with E-state index in [1.165, 1.54) is 0 Å². The molecule has 1 heterocycles. The average molecular weight is 365 g/mol. The predicted molar refractivity (Wildman–Crippen MR) is 85.9 cm³/mol. The largest absolute Gasteiger partial charge is 0.398 e. The molecule has 2 aromatic carbocycles. The van der Waals surface area contributed by atoms with Crippen molar-refractivity contribution in [2.24, 2.45) is 0 Å². The molecule has 0 atom stereocenters. The van der Waals surface area contributed by atoms with Gasteiger partial charge in [0.05, 0.1) is 17.3 Å². The van der Waals surface area contributed by atoms with Crippen LogP contribution in [0.4, 0.5) is 5.69 Å². The van der Waals surface area contributed by atoms with Crippen molar-refractivity contribution in [3.8, 4) is 11.4 Å². The molecular formula is C14H11BrClN5. The maximum atomic E-state index is 6.24. The van der Waals surface area contributed by atoms with Crippen LogP contribution >= 0.6 is 27.5 Å². The Morgan fingerprint density at radius 3 is 2.81 bits per heavy atom. The number of anilines is 1. The van der Waals surface area contributed by atoms with Gasteiger partial charge in [-0.15, -0.1) is 5.10 Å². The van der Waals surface area contributed by atoms with E-state index in [9.17, 15) is 0 Å². The minimum Gasteiger partial charge on any atom is -0.398 e. The number of rotatable bonds is 3. The van der Waals surface area contributed by atoms with Crippen LogP contribution < -0.4 is 5.73 Å². The standard InChI is InChI=1S/C14H11BrClN5/c15-10-4-1-3-9(7-10)8-21-14(18-19-20-21)11-5-2-6-12(17)13(11)16/h1-7H,8,17H2. The van der Waals surface area contributed by atoms with Gasteiger partial charge in [-0.1, -0.05) is 45.7 Å². The van der Waals surface area contributed by atoms with Gasteiger partial charge in [0.1, 0.15) is 0 Å². The molecule has 0 saturated heterocycles. The molecule has 1 aromatic heterocycles. The zero-order chi connectivity index (χ0) is 14.8. The number of halogens is 2. The van der Waals surface area contributed by atoms with Crippen molar-refractivity contribution in [1.82, 2.24) is 20.2 Å². The van der Waals surface area contributed by atoms with Crippen LogP contribution in [0.25, 0.3) is 11.4 Å². The quantitative estimate of drug-likeness (QED) is 0.723. The summed E-state index contributed by atoms with van der Waals surface area (Å²) >= 11 is 9.70. The van der Waals surface area contributed by atoms with E-state index in [0.29, 0.717) is 23.1 Å². The van der Waals surface area contributed by atoms with Gasteiger partial charge >= 0.3 is 0 Å². The number of nitrogens with zero attached hydrogens (tertiary/aromatic N) is 4. The molecule has 21 heavy (non-hydrogen) atoms. The van der Waals surface area contributed by atoms with Gasteiger partial charge in [-0.25, -0.2) is 4.68 Å². The van der Waals surface area contributed by atoms with Gasteiger partial charge in [-0.3, -0.25) is 0 Å². The van der Waals surface area contributed by atoms with E-state index in [0.717, 1.165) is 15.6 Å². The molecular weight excluding hydrogens is 354 g/mol. The van der Waals surface area contributed by atoms with Crippen molar-refractivity contribution >= 4 is 33.2 Å². The fraction of sp³-hybridized carbons (Fsp3) is 0.0714. The first-order valence-corrected chi connectivity index (χ1v) is 7.37. The molecule has 0 bridgehead atoms. The second-order valence-electron chi connectivity index (χ2n) is 4.50. The molecule has 0 aliphatic heterocycles. The molecule has 0 fully saturated rings. The van der Waals surface area contributed by atoms with E-state index >= 15 is 0 Å². The molecule has 2 N–H and O–H groups in total. The maximum absolute atomic E-state index is 6.24. The Labute approximate surface area is 134 Å². The SMILES string of the molecule is Nc1cccc(-c2nnnn2Cc2cccc(Br)c2)c1Cl. The Morgan fingerprint density at radius 1 is 1.19 bits per heavy atom. The number of hydrogen-bond donors (Lipinski definition) is 1. The average Bonchev–Trinajstić information content (AvgIpc) is 2.90. The van der Waals surface area contributed by atoms with Gasteiger partial charge in [0.2, 0.25) is 0 Å². The topological polar surface area (TPSA) is 69.6 Å². The van der Waals surface area contributed by atoms with E-state index in [1.54, 1.807) is 10.7 Å². The molecule has 3 rings (SSSR count). The summed E-state index contributed by atoms with van der Waals surface area (Å²) in [5.41, 5.74) is 8.14. The fourth-order valence-electron chi connectivity index (χ4n) is 2.03. The van der Waals surface area contributed by atoms with E-state index in [1.807, 2.05) is 36.4 Å². The molecule has 0 unspecified atom stereocenters. The van der Waals surface area contributed by atoms with E-state index in [4.69, 9.17) is 17.3 Å². The Balaban J connectivity index is 2.00. The van der Waals surface area contributed by atoms with Crippen molar-refractivity contribution in [1.29, 1.82) is 0 Å². The number of aromatic nitrogens is 4. The summed E-state index contributed by atoms with van der Waals surface area (Å²) in [5, 5.41) is 12.3. The number of hydrogen-bond acceptors (Lipinski definition) is 4. The lowest BCUT2D eigenvalue weighted by Crippen LogP contribution is -2.05. The highest BCUT2D eigenvalue weighted by Gasteiger charge is 2.14. The van der Waals surface area contributed by atoms with Gasteiger partial charge < -0.3 is 5.73 Å². The van der Waals surface area contributed by atoms with Gasteiger partial charge in [-0.05, 0) is 40.3 Å². The van der Waals surface area contributed by atoms with Crippen molar-refractivity contribution in [3.05, 3.63) is 57.5 Å². The second kappa shape index (κ2) is 5.83. The first-order chi connectivity index (χ1) is 10.1. The van der Waals surface area contributed by atoms with E-state index in [-0.39, 0.29) is 0 Å². The summed E-state index contributed by atoms with van der Waals surface area (Å²) in [4.78, 5) is 0. The summed E-state index contributed by atoms with van der Waals surface area (Å²) in [6.45, 7) is 0.549. The van der Waals surface area contributed by atoms with Crippen LogP contribution in [-0.2, 0) is 6.54 Å². The molecule has 0 spiro atoms. The minimum atomic E-state index is 0.461. The third-order valence-electron chi connectivity index (χ3n) is 3.02. The molecule has 0 aliphatic rings. The normalized spacial score (nSPS) is 10.8. The molecule has 0 saturated carbocycles. The number of benzene rings is 2. The summed E-state index contributed by atoms with van der Waals surface area (Å²) in [6.07, 6.45) is 0. The number of tetrazole rings is 1. The van der Waals surface area contributed by atoms with Crippen LogP contribution in [0.15, 0.2) is 46.9 Å². The number of nitrogens with two attached hydrogens (primary N) is 1. The first kappa shape index (κ1) is 14.0. The third-order valence-corrected chi connectivity index (χ3v) is 3.94. The van der Waals surface area contributed by atoms with Crippen LogP contribution in [-0.4, -0.2) is 20.2 Å². The molecule has 0 amide bonds. The molecule has 3 aromatic rings. The molecule has 7 heteroatoms. The fourth-order valence-corrected chi connectivity index (χ4v) is 2.69. The van der Waals surface area contributed by atoms with Crippen LogP contribution in [0.3, 0.4) is 0 Å². The van der Waals surface area contributed by atoms with Gasteiger partial charge in [0.15, 0.2) is 5.82 Å². The van der Waals surface area contributed by atoms with Gasteiger partial charge in [-0.2, -0.15) is 0 Å². The highest BCUT2D eigenvalue weighted by Crippen LogP contribution is 2.30. The summed E-state index contributed by atoms with van der Waals surface area (Å²) in [7, 11) is 0. The Hall–Kier alpha value is -1.92. The van der Waals surface area contributed by atoms with Crippen LogP contribution in [0.5, 0.6) is 0 Å². The van der Waals surface area contributed by atoms with Crippen LogP contribution in [0.1, 0.15) is 5.56 Å². The summed E-state index contributed by atoms with van der Waals surface area (Å²) < 4.78 is 2.71. The van der Waals surface area contributed by atoms with E-state index in [2.05, 4.69) is 31.5 Å². The Kier molecular flexibility index (Phi) is 3.90. The Bertz CT molecular complexity index is 787. The van der Waals surface area contributed by atoms with Crippen molar-refractivity contribution < 1.29 is 0 Å². The predicted octanol–water partition coefficient (Wildman–Crippen LogP) is 3.39. The number of nitrogen functional groups attached to an aromatic ring is 1. The zero-order valence-electron chi connectivity index (χ0n) is 10.9. The van der Waals surface area contributed by atoms with Gasteiger partial charge in [0, 0.05) is 10.0 Å². The zero-order valence-corrected chi connectivity index (χ0v) is 13.2. The maximum Gasteiger partial charge on any atom is 0.183 e. The smallest absolute Gasteiger partial charge is 0.183 e. The van der Waals surface area contributed by atoms with Crippen LogP contribution in [0, 0.1) is 0 Å². The molecule has 5 nitrogen and oxygen atoms in total. The van der Waals surface area contributed by atoms with E-state index < -0.39 is 0 Å². The lowest BCUT2D eigenvalue weighted by atomic mass is 10.2. The molecule has 106 valence electrons. The van der Waals surface area contributed by atoms with Crippen molar-refractivity contribution in [2.75, 3.05) is 5.73 Å². The second-order valence-corrected chi connectivity index (χ2v) is 5.79. The Morgan fingerprint density at radius 2 is 2.00 bits per heavy atom. The lowest BCUT2D eigenvalue weighted by Gasteiger charge is -2.08. The highest BCUT2D eigenvalue weighted by atomic mass is 79.9. The van der Waals surface area contributed by atoms with Crippen LogP contribution in [0.2, 0.25) is 5.02 Å². The summed E-state index contributed by atoms with van der Waals surface area (Å²) in [5.74, 6) is 0.590. The molecule has 0 radical (unpaired) electrons. The van der Waals surface area contributed by atoms with Gasteiger partial charge in [0.25, 0.3) is 0 Å². The minimum absolute atomic E-state index is 0.461. The first-order valence-electron chi connectivity index (χ1n) is 6.20. The highest BCUT2D eigenvalue weighted by molar-refractivity contribution is 9.10. The molecule has 0 aliphatic carbocycles. The third kappa shape index (κ3) is 2.91. The monoisotopic (exact) mass is 363 g/mol.